The summed E-state index contributed by atoms with van der Waals surface area (Å²) in [5.74, 6) is 0.818. The van der Waals surface area contributed by atoms with Crippen molar-refractivity contribution < 1.29 is 57.0 Å². The summed E-state index contributed by atoms with van der Waals surface area (Å²) in [7, 11) is 8.22. The first-order valence-corrected chi connectivity index (χ1v) is 12.8. The van der Waals surface area contributed by atoms with Crippen molar-refractivity contribution >= 4 is 18.9 Å². The summed E-state index contributed by atoms with van der Waals surface area (Å²) in [5, 5.41) is 0. The van der Waals surface area contributed by atoms with E-state index in [2.05, 4.69) is 15.0 Å². The fraction of sp³-hybridized carbons (Fsp3) is 0.200. The Bertz CT molecular complexity index is 1440. The van der Waals surface area contributed by atoms with E-state index in [0.717, 1.165) is 0 Å². The van der Waals surface area contributed by atoms with E-state index in [0.29, 0.717) is 18.9 Å². The van der Waals surface area contributed by atoms with Crippen LogP contribution in [0.25, 0.3) is 0 Å². The van der Waals surface area contributed by atoms with Gasteiger partial charge in [0.05, 0.1) is 42.7 Å². The number of hydrogen-bond donors (Lipinski definition) is 0. The van der Waals surface area contributed by atoms with E-state index in [1.165, 1.54) is 79.1 Å². The van der Waals surface area contributed by atoms with Crippen LogP contribution in [0.5, 0.6) is 69.8 Å². The van der Waals surface area contributed by atoms with Gasteiger partial charge in [-0.05, 0) is 36.4 Å². The van der Waals surface area contributed by atoms with Crippen LogP contribution in [0.3, 0.4) is 0 Å². The highest BCUT2D eigenvalue weighted by atomic mass is 16.6. The second kappa shape index (κ2) is 14.4. The fourth-order valence-electron chi connectivity index (χ4n) is 3.94. The van der Waals surface area contributed by atoms with Crippen LogP contribution in [0.2, 0.25) is 0 Å². The van der Waals surface area contributed by atoms with Crippen molar-refractivity contribution in [3.05, 3.63) is 53.1 Å². The van der Waals surface area contributed by atoms with E-state index in [-0.39, 0.29) is 86.5 Å². The standard InChI is InChI=1S/C30H27N3O12/c1-37-19-7-16(13-34)8-20(38-2)25(19)43-28-31-29(44-26-21(39-3)9-17(14-35)10-22(26)40-4)33-30(32-28)45-27-23(41-5)11-18(15-36)12-24(27)42-6/h7-15H,1-6H3. The molecule has 0 amide bonds. The Morgan fingerprint density at radius 1 is 0.400 bits per heavy atom. The van der Waals surface area contributed by atoms with Crippen molar-refractivity contribution in [2.75, 3.05) is 42.7 Å². The van der Waals surface area contributed by atoms with Crippen LogP contribution in [0.15, 0.2) is 36.4 Å². The van der Waals surface area contributed by atoms with Crippen LogP contribution in [0, 0.1) is 0 Å². The van der Waals surface area contributed by atoms with Gasteiger partial charge in [-0.2, -0.15) is 0 Å². The van der Waals surface area contributed by atoms with Gasteiger partial charge in [-0.15, -0.1) is 15.0 Å². The van der Waals surface area contributed by atoms with Crippen LogP contribution in [-0.2, 0) is 0 Å². The van der Waals surface area contributed by atoms with E-state index >= 15 is 0 Å². The minimum Gasteiger partial charge on any atom is -0.493 e. The van der Waals surface area contributed by atoms with Crippen LogP contribution in [-0.4, -0.2) is 76.5 Å². The SMILES string of the molecule is COc1cc(C=O)cc(OC)c1Oc1nc(Oc2c(OC)cc(C=O)cc2OC)nc(Oc2c(OC)cc(C=O)cc2OC)n1. The summed E-state index contributed by atoms with van der Waals surface area (Å²) in [6, 6.07) is 7.46. The molecule has 45 heavy (non-hydrogen) atoms. The third kappa shape index (κ3) is 6.93. The van der Waals surface area contributed by atoms with Gasteiger partial charge in [0.15, 0.2) is 34.5 Å². The molecule has 1 aromatic heterocycles. The van der Waals surface area contributed by atoms with Crippen molar-refractivity contribution in [2.45, 2.75) is 0 Å². The summed E-state index contributed by atoms with van der Waals surface area (Å²) in [5.41, 5.74) is 0.780. The fourth-order valence-corrected chi connectivity index (χ4v) is 3.94. The number of rotatable bonds is 15. The van der Waals surface area contributed by atoms with Gasteiger partial charge in [0.25, 0.3) is 0 Å². The number of ether oxygens (including phenoxy) is 9. The van der Waals surface area contributed by atoms with Gasteiger partial charge >= 0.3 is 18.0 Å². The van der Waals surface area contributed by atoms with Gasteiger partial charge in [0, 0.05) is 16.7 Å². The smallest absolute Gasteiger partial charge is 0.331 e. The molecule has 0 radical (unpaired) electrons. The zero-order valence-corrected chi connectivity index (χ0v) is 24.9. The van der Waals surface area contributed by atoms with E-state index in [1.54, 1.807) is 0 Å². The van der Waals surface area contributed by atoms with Crippen molar-refractivity contribution in [3.63, 3.8) is 0 Å². The molecule has 15 nitrogen and oxygen atoms in total. The lowest BCUT2D eigenvalue weighted by Gasteiger charge is -2.17. The molecule has 0 N–H and O–H groups in total. The van der Waals surface area contributed by atoms with Crippen molar-refractivity contribution in [1.29, 1.82) is 0 Å². The Balaban J connectivity index is 1.89. The molecule has 3 aromatic carbocycles. The molecule has 0 aliphatic heterocycles. The number of carbonyl (C=O) groups excluding carboxylic acids is 3. The number of aromatic nitrogens is 3. The minimum absolute atomic E-state index is 0.0182. The second-order valence-electron chi connectivity index (χ2n) is 8.61. The topological polar surface area (TPSA) is 173 Å². The summed E-state index contributed by atoms with van der Waals surface area (Å²) in [4.78, 5) is 47.1. The summed E-state index contributed by atoms with van der Waals surface area (Å²) < 4.78 is 50.3. The van der Waals surface area contributed by atoms with E-state index in [4.69, 9.17) is 42.6 Å². The molecule has 0 aliphatic carbocycles. The highest BCUT2D eigenvalue weighted by Crippen LogP contribution is 2.44. The first-order valence-electron chi connectivity index (χ1n) is 12.8. The molecule has 4 aromatic rings. The predicted octanol–water partition coefficient (Wildman–Crippen LogP) is 4.74. The number of nitrogens with zero attached hydrogens (tertiary/aromatic N) is 3. The lowest BCUT2D eigenvalue weighted by molar-refractivity contribution is 0.111. The lowest BCUT2D eigenvalue weighted by Crippen LogP contribution is -2.05. The van der Waals surface area contributed by atoms with Gasteiger partial charge < -0.3 is 42.6 Å². The Morgan fingerprint density at radius 2 is 0.600 bits per heavy atom. The number of aldehydes is 3. The van der Waals surface area contributed by atoms with Crippen LogP contribution >= 0.6 is 0 Å². The minimum atomic E-state index is -0.365. The number of carbonyl (C=O) groups is 3. The first-order chi connectivity index (χ1) is 21.8. The molecule has 0 atom stereocenters. The Labute approximate surface area is 256 Å². The second-order valence-corrected chi connectivity index (χ2v) is 8.61. The zero-order valence-electron chi connectivity index (χ0n) is 24.9. The average Bonchev–Trinajstić information content (AvgIpc) is 3.07. The van der Waals surface area contributed by atoms with E-state index in [1.807, 2.05) is 0 Å². The van der Waals surface area contributed by atoms with Crippen LogP contribution in [0.4, 0.5) is 0 Å². The highest BCUT2D eigenvalue weighted by Gasteiger charge is 2.23. The summed E-state index contributed by atoms with van der Waals surface area (Å²) in [6.07, 6.45) is 1.84. The quantitative estimate of drug-likeness (QED) is 0.166. The maximum Gasteiger partial charge on any atom is 0.331 e. The molecule has 4 rings (SSSR count). The molecular weight excluding hydrogens is 594 g/mol. The lowest BCUT2D eigenvalue weighted by atomic mass is 10.2. The monoisotopic (exact) mass is 621 g/mol. The maximum absolute atomic E-state index is 11.4. The molecule has 0 saturated carbocycles. The van der Waals surface area contributed by atoms with Crippen LogP contribution < -0.4 is 42.6 Å². The Hall–Kier alpha value is -6.12. The van der Waals surface area contributed by atoms with Crippen LogP contribution in [0.1, 0.15) is 31.1 Å². The van der Waals surface area contributed by atoms with Crippen molar-refractivity contribution in [1.82, 2.24) is 15.0 Å². The first kappa shape index (κ1) is 31.8. The van der Waals surface area contributed by atoms with E-state index in [9.17, 15) is 14.4 Å². The molecular formula is C30H27N3O12. The largest absolute Gasteiger partial charge is 0.493 e. The molecule has 0 saturated heterocycles. The molecule has 0 spiro atoms. The van der Waals surface area contributed by atoms with Gasteiger partial charge in [0.1, 0.15) is 18.9 Å². The molecule has 0 unspecified atom stereocenters. The van der Waals surface area contributed by atoms with Gasteiger partial charge in [-0.25, -0.2) is 0 Å². The highest BCUT2D eigenvalue weighted by molar-refractivity contribution is 5.80. The van der Waals surface area contributed by atoms with Gasteiger partial charge in [-0.1, -0.05) is 0 Å². The number of benzene rings is 3. The summed E-state index contributed by atoms with van der Waals surface area (Å²) >= 11 is 0. The maximum atomic E-state index is 11.4. The molecule has 234 valence electrons. The predicted molar refractivity (Wildman–Crippen MR) is 155 cm³/mol. The van der Waals surface area contributed by atoms with E-state index < -0.39 is 0 Å². The summed E-state index contributed by atoms with van der Waals surface area (Å²) in [6.45, 7) is 0. The molecule has 15 heteroatoms. The van der Waals surface area contributed by atoms with Gasteiger partial charge in [-0.3, -0.25) is 14.4 Å². The number of hydrogen-bond acceptors (Lipinski definition) is 15. The third-order valence-corrected chi connectivity index (χ3v) is 6.01. The van der Waals surface area contributed by atoms with Crippen molar-refractivity contribution in [2.24, 2.45) is 0 Å². The Morgan fingerprint density at radius 3 is 0.756 bits per heavy atom. The van der Waals surface area contributed by atoms with Crippen molar-refractivity contribution in [3.8, 4) is 69.8 Å². The normalized spacial score (nSPS) is 10.3. The van der Waals surface area contributed by atoms with Gasteiger partial charge in [0.2, 0.25) is 17.2 Å². The Kier molecular flexibility index (Phi) is 10.2. The molecule has 0 aliphatic rings. The zero-order chi connectivity index (χ0) is 32.5. The third-order valence-electron chi connectivity index (χ3n) is 6.01. The molecule has 1 heterocycles. The molecule has 0 fully saturated rings. The number of methoxy groups -OCH3 is 6. The molecule has 0 bridgehead atoms. The average molecular weight is 622 g/mol.